The monoisotopic (exact) mass is 384 g/mol. The fourth-order valence-corrected chi connectivity index (χ4v) is 3.72. The number of carbonyl (C=O) groups is 2. The summed E-state index contributed by atoms with van der Waals surface area (Å²) in [4.78, 5) is 30.1. The van der Waals surface area contributed by atoms with Gasteiger partial charge in [-0.2, -0.15) is 13.2 Å². The number of pyridine rings is 1. The first-order chi connectivity index (χ1) is 12.2. The largest absolute Gasteiger partial charge is 0.481 e. The third kappa shape index (κ3) is 2.96. The standard InChI is InChI=1S/C17H15F3N2O3S/c1-10-11(4-5-12(21-10)13-3-2-8-26-13)14(23)22-7-6-16(9-22,15(24)25)17(18,19)20/h2-5,8H,6-7,9H2,1H3,(H,24,25). The molecule has 3 heterocycles. The molecule has 0 aromatic carbocycles. The summed E-state index contributed by atoms with van der Waals surface area (Å²) < 4.78 is 39.8. The van der Waals surface area contributed by atoms with Crippen LogP contribution >= 0.6 is 11.3 Å². The first kappa shape index (κ1) is 18.4. The predicted octanol–water partition coefficient (Wildman–Crippen LogP) is 3.60. The molecule has 1 fully saturated rings. The van der Waals surface area contributed by atoms with Crippen LogP contribution in [0.4, 0.5) is 13.2 Å². The summed E-state index contributed by atoms with van der Waals surface area (Å²) in [7, 11) is 0. The highest BCUT2D eigenvalue weighted by Crippen LogP contribution is 2.46. The highest BCUT2D eigenvalue weighted by atomic mass is 32.1. The molecule has 0 radical (unpaired) electrons. The topological polar surface area (TPSA) is 70.5 Å². The molecule has 2 aromatic rings. The predicted molar refractivity (Wildman–Crippen MR) is 88.9 cm³/mol. The first-order valence-corrected chi connectivity index (χ1v) is 8.64. The van der Waals surface area contributed by atoms with Gasteiger partial charge in [0.2, 0.25) is 0 Å². The Labute approximate surface area is 151 Å². The van der Waals surface area contributed by atoms with Gasteiger partial charge in [0.05, 0.1) is 21.8 Å². The van der Waals surface area contributed by atoms with Gasteiger partial charge in [-0.25, -0.2) is 0 Å². The minimum Gasteiger partial charge on any atom is -0.481 e. The van der Waals surface area contributed by atoms with Crippen molar-refractivity contribution in [1.82, 2.24) is 9.88 Å². The third-order valence-corrected chi connectivity index (χ3v) is 5.49. The van der Waals surface area contributed by atoms with Gasteiger partial charge in [0, 0.05) is 13.1 Å². The summed E-state index contributed by atoms with van der Waals surface area (Å²) >= 11 is 1.48. The molecule has 0 aliphatic carbocycles. The van der Waals surface area contributed by atoms with Crippen LogP contribution in [0.1, 0.15) is 22.5 Å². The average molecular weight is 384 g/mol. The molecule has 0 bridgehead atoms. The molecule has 1 aliphatic heterocycles. The summed E-state index contributed by atoms with van der Waals surface area (Å²) in [5.41, 5.74) is -1.68. The number of thiophene rings is 1. The molecule has 1 aliphatic rings. The van der Waals surface area contributed by atoms with E-state index in [1.54, 1.807) is 13.0 Å². The van der Waals surface area contributed by atoms with Crippen LogP contribution in [0.25, 0.3) is 10.6 Å². The van der Waals surface area contributed by atoms with Crippen LogP contribution in [-0.2, 0) is 4.79 Å². The molecule has 5 nitrogen and oxygen atoms in total. The fourth-order valence-electron chi connectivity index (χ4n) is 3.03. The average Bonchev–Trinajstić information content (AvgIpc) is 3.24. The second-order valence-electron chi connectivity index (χ2n) is 6.17. The van der Waals surface area contributed by atoms with Crippen molar-refractivity contribution in [2.45, 2.75) is 19.5 Å². The second-order valence-corrected chi connectivity index (χ2v) is 7.12. The summed E-state index contributed by atoms with van der Waals surface area (Å²) in [6.45, 7) is 0.447. The van der Waals surface area contributed by atoms with Gasteiger partial charge in [0.1, 0.15) is 0 Å². The van der Waals surface area contributed by atoms with Gasteiger partial charge in [-0.05, 0) is 36.9 Å². The number of carbonyl (C=O) groups excluding carboxylic acids is 1. The van der Waals surface area contributed by atoms with Crippen LogP contribution in [0.15, 0.2) is 29.6 Å². The smallest absolute Gasteiger partial charge is 0.406 e. The fraction of sp³-hybridized carbons (Fsp3) is 0.353. The Morgan fingerprint density at radius 2 is 2.04 bits per heavy atom. The summed E-state index contributed by atoms with van der Waals surface area (Å²) in [6.07, 6.45) is -5.58. The number of amides is 1. The molecule has 1 saturated heterocycles. The lowest BCUT2D eigenvalue weighted by Gasteiger charge is -2.27. The highest BCUT2D eigenvalue weighted by Gasteiger charge is 2.64. The van der Waals surface area contributed by atoms with E-state index in [2.05, 4.69) is 4.98 Å². The number of halogens is 3. The number of aromatic nitrogens is 1. The van der Waals surface area contributed by atoms with Crippen LogP contribution < -0.4 is 0 Å². The van der Waals surface area contributed by atoms with E-state index in [1.807, 2.05) is 17.5 Å². The molecule has 26 heavy (non-hydrogen) atoms. The maximum Gasteiger partial charge on any atom is 0.406 e. The minimum atomic E-state index is -4.93. The van der Waals surface area contributed by atoms with Crippen molar-refractivity contribution in [3.05, 3.63) is 40.9 Å². The van der Waals surface area contributed by atoms with Crippen LogP contribution in [-0.4, -0.2) is 46.1 Å². The number of carboxylic acids is 1. The number of hydrogen-bond donors (Lipinski definition) is 1. The van der Waals surface area contributed by atoms with E-state index >= 15 is 0 Å². The molecule has 9 heteroatoms. The Morgan fingerprint density at radius 3 is 2.54 bits per heavy atom. The molecule has 1 unspecified atom stereocenters. The number of likely N-dealkylation sites (tertiary alicyclic amines) is 1. The molecular formula is C17H15F3N2O3S. The van der Waals surface area contributed by atoms with Crippen molar-refractivity contribution in [2.75, 3.05) is 13.1 Å². The Hall–Kier alpha value is -2.42. The van der Waals surface area contributed by atoms with Crippen LogP contribution in [0, 0.1) is 12.3 Å². The number of aliphatic carboxylic acids is 1. The van der Waals surface area contributed by atoms with Crippen molar-refractivity contribution in [3.63, 3.8) is 0 Å². The van der Waals surface area contributed by atoms with Gasteiger partial charge in [-0.3, -0.25) is 14.6 Å². The Balaban J connectivity index is 1.86. The van der Waals surface area contributed by atoms with Crippen LogP contribution in [0.5, 0.6) is 0 Å². The Kier molecular flexibility index (Phi) is 4.51. The molecule has 1 N–H and O–H groups in total. The zero-order valence-corrected chi connectivity index (χ0v) is 14.5. The van der Waals surface area contributed by atoms with Crippen molar-refractivity contribution < 1.29 is 27.9 Å². The minimum absolute atomic E-state index is 0.175. The maximum absolute atomic E-state index is 13.3. The number of alkyl halides is 3. The van der Waals surface area contributed by atoms with E-state index in [1.165, 1.54) is 17.4 Å². The molecule has 1 atom stereocenters. The van der Waals surface area contributed by atoms with E-state index in [0.29, 0.717) is 11.4 Å². The summed E-state index contributed by atoms with van der Waals surface area (Å²) in [6, 6.07) is 6.90. The van der Waals surface area contributed by atoms with E-state index in [4.69, 9.17) is 5.11 Å². The normalized spacial score (nSPS) is 20.4. The summed E-state index contributed by atoms with van der Waals surface area (Å²) in [5, 5.41) is 11.0. The molecule has 1 amide bonds. The second kappa shape index (κ2) is 6.39. The SMILES string of the molecule is Cc1nc(-c2cccs2)ccc1C(=O)N1CCC(C(=O)O)(C(F)(F)F)C1. The number of aryl methyl sites for hydroxylation is 1. The van der Waals surface area contributed by atoms with E-state index < -0.39 is 36.4 Å². The zero-order chi connectivity index (χ0) is 19.1. The molecule has 3 rings (SSSR count). The van der Waals surface area contributed by atoms with Gasteiger partial charge in [-0.1, -0.05) is 6.07 Å². The molecular weight excluding hydrogens is 369 g/mol. The molecule has 0 spiro atoms. The van der Waals surface area contributed by atoms with E-state index in [-0.39, 0.29) is 12.1 Å². The Bertz CT molecular complexity index is 851. The lowest BCUT2D eigenvalue weighted by Crippen LogP contribution is -2.47. The van der Waals surface area contributed by atoms with Crippen molar-refractivity contribution in [1.29, 1.82) is 0 Å². The van der Waals surface area contributed by atoms with E-state index in [0.717, 1.165) is 9.78 Å². The number of rotatable bonds is 3. The van der Waals surface area contributed by atoms with Gasteiger partial charge in [0.15, 0.2) is 5.41 Å². The maximum atomic E-state index is 13.3. The lowest BCUT2D eigenvalue weighted by atomic mass is 9.86. The van der Waals surface area contributed by atoms with Crippen molar-refractivity contribution in [2.24, 2.45) is 5.41 Å². The van der Waals surface area contributed by atoms with Gasteiger partial charge in [0.25, 0.3) is 5.91 Å². The molecule has 0 saturated carbocycles. The van der Waals surface area contributed by atoms with Gasteiger partial charge < -0.3 is 10.0 Å². The number of hydrogen-bond acceptors (Lipinski definition) is 4. The third-order valence-electron chi connectivity index (χ3n) is 4.60. The quantitative estimate of drug-likeness (QED) is 0.878. The molecule has 2 aromatic heterocycles. The van der Waals surface area contributed by atoms with Crippen LogP contribution in [0.2, 0.25) is 0 Å². The number of carboxylic acid groups (broad SMARTS) is 1. The number of nitrogens with zero attached hydrogens (tertiary/aromatic N) is 2. The van der Waals surface area contributed by atoms with Crippen LogP contribution in [0.3, 0.4) is 0 Å². The van der Waals surface area contributed by atoms with Gasteiger partial charge in [-0.15, -0.1) is 11.3 Å². The van der Waals surface area contributed by atoms with E-state index in [9.17, 15) is 22.8 Å². The first-order valence-electron chi connectivity index (χ1n) is 7.77. The lowest BCUT2D eigenvalue weighted by molar-refractivity contribution is -0.227. The van der Waals surface area contributed by atoms with Crippen molar-refractivity contribution in [3.8, 4) is 10.6 Å². The Morgan fingerprint density at radius 1 is 1.31 bits per heavy atom. The van der Waals surface area contributed by atoms with Gasteiger partial charge >= 0.3 is 12.1 Å². The highest BCUT2D eigenvalue weighted by molar-refractivity contribution is 7.13. The zero-order valence-electron chi connectivity index (χ0n) is 13.7. The molecule has 138 valence electrons. The summed E-state index contributed by atoms with van der Waals surface area (Å²) in [5.74, 6) is -2.59. The van der Waals surface area contributed by atoms with Crippen molar-refractivity contribution >= 4 is 23.2 Å².